The number of carboxylic acid groups (broad SMARTS) is 1. The molecular formula is C26H25F3N4O7S. The molecule has 0 aliphatic carbocycles. The number of ether oxygens (including phenoxy) is 1. The molecule has 0 spiro atoms. The molecule has 0 bridgehead atoms. The van der Waals surface area contributed by atoms with E-state index < -0.39 is 34.1 Å². The van der Waals surface area contributed by atoms with Gasteiger partial charge in [-0.3, -0.25) is 4.79 Å². The monoisotopic (exact) mass is 594 g/mol. The number of nitrogens with zero attached hydrogens (tertiary/aromatic N) is 1. The highest BCUT2D eigenvalue weighted by Gasteiger charge is 2.38. The average Bonchev–Trinajstić information content (AvgIpc) is 3.28. The first-order valence-electron chi connectivity index (χ1n) is 11.8. The van der Waals surface area contributed by atoms with Crippen molar-refractivity contribution >= 4 is 44.4 Å². The number of rotatable bonds is 8. The molecule has 0 radical (unpaired) electrons. The lowest BCUT2D eigenvalue weighted by atomic mass is 10.0. The number of nitrogen functional groups attached to an aromatic ring is 1. The number of hydrogen-bond acceptors (Lipinski definition) is 9. The van der Waals surface area contributed by atoms with Crippen LogP contribution in [0.3, 0.4) is 0 Å². The lowest BCUT2D eigenvalue weighted by Crippen LogP contribution is -2.37. The molecule has 0 fully saturated rings. The lowest BCUT2D eigenvalue weighted by molar-refractivity contribution is -0.192. The molecule has 0 aliphatic heterocycles. The fraction of sp³-hybridized carbons (Fsp3) is 0.192. The van der Waals surface area contributed by atoms with Crippen molar-refractivity contribution in [3.63, 3.8) is 0 Å². The maximum absolute atomic E-state index is 13.3. The summed E-state index contributed by atoms with van der Waals surface area (Å²) in [5.74, 6) is -2.66. The summed E-state index contributed by atoms with van der Waals surface area (Å²) in [4.78, 5) is 22.2. The third-order valence-electron chi connectivity index (χ3n) is 5.45. The third-order valence-corrected chi connectivity index (χ3v) is 6.81. The number of aryl methyl sites for hydroxylation is 1. The molecule has 3 aromatic carbocycles. The van der Waals surface area contributed by atoms with E-state index in [0.29, 0.717) is 34.6 Å². The van der Waals surface area contributed by atoms with Crippen LogP contribution in [0.25, 0.3) is 11.0 Å². The SMILES string of the molecule is CCOc1cc(C(Nc2ccc3c(N)noc3c2)C(=O)NS(=O)(=O)c2ccccc2)ccc1C.O=C(O)C(F)(F)F. The smallest absolute Gasteiger partial charge is 0.490 e. The molecule has 15 heteroatoms. The first-order valence-corrected chi connectivity index (χ1v) is 13.3. The van der Waals surface area contributed by atoms with E-state index in [4.69, 9.17) is 24.9 Å². The van der Waals surface area contributed by atoms with E-state index in [0.717, 1.165) is 5.56 Å². The van der Waals surface area contributed by atoms with Gasteiger partial charge in [-0.15, -0.1) is 0 Å². The molecule has 1 aromatic heterocycles. The molecule has 0 saturated heterocycles. The Bertz CT molecular complexity index is 1640. The number of carbonyl (C=O) groups excluding carboxylic acids is 1. The Hall–Kier alpha value is -4.79. The lowest BCUT2D eigenvalue weighted by Gasteiger charge is -2.21. The molecule has 0 saturated carbocycles. The molecule has 1 amide bonds. The maximum atomic E-state index is 13.3. The van der Waals surface area contributed by atoms with E-state index in [1.165, 1.54) is 12.1 Å². The van der Waals surface area contributed by atoms with Crippen molar-refractivity contribution in [3.05, 3.63) is 77.9 Å². The van der Waals surface area contributed by atoms with Crippen molar-refractivity contribution < 1.29 is 45.5 Å². The van der Waals surface area contributed by atoms with Gasteiger partial charge >= 0.3 is 12.1 Å². The molecule has 1 unspecified atom stereocenters. The summed E-state index contributed by atoms with van der Waals surface area (Å²) in [6, 6.07) is 17.0. The van der Waals surface area contributed by atoms with Crippen LogP contribution in [0.2, 0.25) is 0 Å². The van der Waals surface area contributed by atoms with Crippen molar-refractivity contribution in [1.29, 1.82) is 0 Å². The molecule has 4 rings (SSSR count). The highest BCUT2D eigenvalue weighted by molar-refractivity contribution is 7.90. The molecule has 0 aliphatic rings. The number of sulfonamides is 1. The zero-order chi connectivity index (χ0) is 30.4. The van der Waals surface area contributed by atoms with Crippen molar-refractivity contribution in [2.75, 3.05) is 17.7 Å². The minimum atomic E-state index is -5.08. The van der Waals surface area contributed by atoms with Crippen LogP contribution >= 0.6 is 0 Å². The fourth-order valence-electron chi connectivity index (χ4n) is 3.47. The van der Waals surface area contributed by atoms with Gasteiger partial charge in [0.1, 0.15) is 11.8 Å². The number of fused-ring (bicyclic) bond motifs is 1. The van der Waals surface area contributed by atoms with Gasteiger partial charge in [0.15, 0.2) is 11.4 Å². The number of benzene rings is 3. The van der Waals surface area contributed by atoms with Crippen LogP contribution in [0.4, 0.5) is 24.7 Å². The number of aliphatic carboxylic acids is 1. The van der Waals surface area contributed by atoms with Crippen molar-refractivity contribution in [3.8, 4) is 5.75 Å². The minimum Gasteiger partial charge on any atom is -0.494 e. The van der Waals surface area contributed by atoms with Crippen LogP contribution in [0.15, 0.2) is 76.1 Å². The standard InChI is InChI=1S/C24H24N4O5S.C2HF3O2/c1-3-32-20-13-16(10-9-15(20)2)22(24(29)28-34(30,31)18-7-5-4-6-8-18)26-17-11-12-19-21(14-17)33-27-23(19)25;3-2(4,5)1(6)7/h4-14,22,26H,3H2,1-2H3,(H2,25,27)(H,28,29);(H,6,7). The van der Waals surface area contributed by atoms with E-state index >= 15 is 0 Å². The Balaban J connectivity index is 0.000000587. The minimum absolute atomic E-state index is 0.0143. The first-order chi connectivity index (χ1) is 19.2. The Morgan fingerprint density at radius 1 is 1.10 bits per heavy atom. The van der Waals surface area contributed by atoms with Gasteiger partial charge in [-0.2, -0.15) is 13.2 Å². The van der Waals surface area contributed by atoms with Gasteiger partial charge in [0.25, 0.3) is 15.9 Å². The van der Waals surface area contributed by atoms with Gasteiger partial charge in [-0.25, -0.2) is 17.9 Å². The summed E-state index contributed by atoms with van der Waals surface area (Å²) in [5, 5.41) is 14.6. The second-order valence-corrected chi connectivity index (χ2v) is 10.1. The van der Waals surface area contributed by atoms with Gasteiger partial charge in [0.05, 0.1) is 16.9 Å². The van der Waals surface area contributed by atoms with Crippen LogP contribution in [-0.2, 0) is 19.6 Å². The van der Waals surface area contributed by atoms with Crippen molar-refractivity contribution in [2.45, 2.75) is 31.0 Å². The highest BCUT2D eigenvalue weighted by atomic mass is 32.2. The van der Waals surface area contributed by atoms with Gasteiger partial charge < -0.3 is 25.4 Å². The molecular weight excluding hydrogens is 569 g/mol. The van der Waals surface area contributed by atoms with Gasteiger partial charge in [0, 0.05) is 11.8 Å². The maximum Gasteiger partial charge on any atom is 0.490 e. The number of aromatic nitrogens is 1. The number of halogens is 3. The van der Waals surface area contributed by atoms with Crippen LogP contribution < -0.4 is 20.5 Å². The second-order valence-electron chi connectivity index (χ2n) is 8.40. The van der Waals surface area contributed by atoms with Crippen LogP contribution in [0, 0.1) is 6.92 Å². The number of amides is 1. The molecule has 4 aromatic rings. The summed E-state index contributed by atoms with van der Waals surface area (Å²) in [6.07, 6.45) is -5.08. The summed E-state index contributed by atoms with van der Waals surface area (Å²) < 4.78 is 70.4. The number of nitrogens with two attached hydrogens (primary N) is 1. The normalized spacial score (nSPS) is 12.1. The Morgan fingerprint density at radius 2 is 1.76 bits per heavy atom. The number of nitrogens with one attached hydrogen (secondary N) is 2. The molecule has 1 heterocycles. The van der Waals surface area contributed by atoms with Crippen LogP contribution in [-0.4, -0.2) is 43.3 Å². The molecule has 11 nitrogen and oxygen atoms in total. The van der Waals surface area contributed by atoms with Crippen molar-refractivity contribution in [2.24, 2.45) is 0 Å². The van der Waals surface area contributed by atoms with E-state index in [9.17, 15) is 26.4 Å². The first kappa shape index (κ1) is 30.7. The Labute approximate surface area is 232 Å². The van der Waals surface area contributed by atoms with Crippen LogP contribution in [0.5, 0.6) is 5.75 Å². The number of alkyl halides is 3. The predicted molar refractivity (Wildman–Crippen MR) is 143 cm³/mol. The van der Waals surface area contributed by atoms with Crippen LogP contribution in [0.1, 0.15) is 24.1 Å². The van der Waals surface area contributed by atoms with Crippen molar-refractivity contribution in [1.82, 2.24) is 9.88 Å². The Morgan fingerprint density at radius 3 is 2.37 bits per heavy atom. The molecule has 5 N–H and O–H groups in total. The molecule has 1 atom stereocenters. The van der Waals surface area contributed by atoms with E-state index in [-0.39, 0.29) is 10.7 Å². The predicted octanol–water partition coefficient (Wildman–Crippen LogP) is 4.41. The zero-order valence-electron chi connectivity index (χ0n) is 21.6. The summed E-state index contributed by atoms with van der Waals surface area (Å²) >= 11 is 0. The van der Waals surface area contributed by atoms with E-state index in [1.54, 1.807) is 48.5 Å². The van der Waals surface area contributed by atoms with E-state index in [2.05, 4.69) is 15.2 Å². The van der Waals surface area contributed by atoms with Gasteiger partial charge in [-0.05, 0) is 55.3 Å². The van der Waals surface area contributed by atoms with Gasteiger partial charge in [0.2, 0.25) is 0 Å². The molecule has 41 heavy (non-hydrogen) atoms. The number of hydrogen-bond donors (Lipinski definition) is 4. The van der Waals surface area contributed by atoms with Gasteiger partial charge in [-0.1, -0.05) is 35.5 Å². The highest BCUT2D eigenvalue weighted by Crippen LogP contribution is 2.29. The zero-order valence-corrected chi connectivity index (χ0v) is 22.4. The fourth-order valence-corrected chi connectivity index (χ4v) is 4.49. The summed E-state index contributed by atoms with van der Waals surface area (Å²) in [7, 11) is -4.08. The average molecular weight is 595 g/mol. The van der Waals surface area contributed by atoms with E-state index in [1.807, 2.05) is 19.9 Å². The summed E-state index contributed by atoms with van der Waals surface area (Å²) in [6.45, 7) is 4.19. The quantitative estimate of drug-likeness (QED) is 0.229. The number of carbonyl (C=O) groups is 2. The number of carboxylic acids is 1. The molecule has 218 valence electrons. The second kappa shape index (κ2) is 12.6. The largest absolute Gasteiger partial charge is 0.494 e. The topological polar surface area (TPSA) is 174 Å². The number of anilines is 2. The third kappa shape index (κ3) is 7.88. The summed E-state index contributed by atoms with van der Waals surface area (Å²) in [5.41, 5.74) is 8.13. The Kier molecular flexibility index (Phi) is 9.44.